The third-order valence-corrected chi connectivity index (χ3v) is 2.66. The lowest BCUT2D eigenvalue weighted by molar-refractivity contribution is 0.102. The minimum absolute atomic E-state index is 0.230. The number of hydrogen-bond donors (Lipinski definition) is 1. The molecular weight excluding hydrogens is 238 g/mol. The summed E-state index contributed by atoms with van der Waals surface area (Å²) in [5, 5.41) is 7.26. The normalized spacial score (nSPS) is 10.2. The molecule has 0 aliphatic heterocycles. The smallest absolute Gasteiger partial charge is 0.257 e. The molecule has 0 aliphatic carbocycles. The van der Waals surface area contributed by atoms with Crippen LogP contribution >= 0.6 is 11.6 Å². The average molecular weight is 250 g/mol. The first-order chi connectivity index (χ1) is 8.20. The molecule has 1 amide bonds. The van der Waals surface area contributed by atoms with E-state index < -0.39 is 0 Å². The highest BCUT2D eigenvalue weighted by Crippen LogP contribution is 2.16. The summed E-state index contributed by atoms with van der Waals surface area (Å²) in [5.41, 5.74) is 1.12. The van der Waals surface area contributed by atoms with Gasteiger partial charge in [-0.1, -0.05) is 23.7 Å². The van der Waals surface area contributed by atoms with E-state index in [0.717, 1.165) is 6.54 Å². The van der Waals surface area contributed by atoms with Gasteiger partial charge in [0.15, 0.2) is 0 Å². The molecule has 0 bridgehead atoms. The molecule has 1 N–H and O–H groups in total. The molecule has 17 heavy (non-hydrogen) atoms. The van der Waals surface area contributed by atoms with Gasteiger partial charge in [-0.05, 0) is 19.1 Å². The van der Waals surface area contributed by atoms with Crippen LogP contribution in [0.3, 0.4) is 0 Å². The van der Waals surface area contributed by atoms with E-state index in [1.165, 1.54) is 0 Å². The Balaban J connectivity index is 2.14. The number of nitrogens with zero attached hydrogens (tertiary/aromatic N) is 2. The summed E-state index contributed by atoms with van der Waals surface area (Å²) < 4.78 is 1.74. The third-order valence-electron chi connectivity index (χ3n) is 2.33. The predicted molar refractivity (Wildman–Crippen MR) is 67.3 cm³/mol. The Bertz CT molecular complexity index is 536. The van der Waals surface area contributed by atoms with Crippen LogP contribution < -0.4 is 5.32 Å². The number of hydrogen-bond acceptors (Lipinski definition) is 2. The van der Waals surface area contributed by atoms with E-state index in [0.29, 0.717) is 16.3 Å². The number of carbonyl (C=O) groups excluding carboxylic acids is 1. The summed E-state index contributed by atoms with van der Waals surface area (Å²) in [7, 11) is 0. The first-order valence-corrected chi connectivity index (χ1v) is 5.67. The van der Waals surface area contributed by atoms with Crippen LogP contribution in [0.2, 0.25) is 5.02 Å². The molecule has 1 heterocycles. The number of nitrogens with one attached hydrogen (secondary N) is 1. The molecule has 2 rings (SSSR count). The quantitative estimate of drug-likeness (QED) is 0.909. The van der Waals surface area contributed by atoms with E-state index in [2.05, 4.69) is 10.4 Å². The van der Waals surface area contributed by atoms with E-state index in [1.54, 1.807) is 41.3 Å². The number of benzene rings is 1. The molecule has 0 saturated carbocycles. The molecule has 0 saturated heterocycles. The first kappa shape index (κ1) is 11.7. The summed E-state index contributed by atoms with van der Waals surface area (Å²) >= 11 is 5.94. The van der Waals surface area contributed by atoms with E-state index in [4.69, 9.17) is 11.6 Å². The highest BCUT2D eigenvalue weighted by Gasteiger charge is 2.10. The fraction of sp³-hybridized carbons (Fsp3) is 0.167. The van der Waals surface area contributed by atoms with Gasteiger partial charge in [-0.15, -0.1) is 0 Å². The van der Waals surface area contributed by atoms with Crippen molar-refractivity contribution in [3.8, 4) is 0 Å². The molecule has 0 spiro atoms. The molecule has 4 nitrogen and oxygen atoms in total. The van der Waals surface area contributed by atoms with Gasteiger partial charge in [-0.2, -0.15) is 5.10 Å². The molecule has 88 valence electrons. The Morgan fingerprint density at radius 2 is 2.24 bits per heavy atom. The van der Waals surface area contributed by atoms with Gasteiger partial charge >= 0.3 is 0 Å². The molecule has 0 radical (unpaired) electrons. The fourth-order valence-corrected chi connectivity index (χ4v) is 1.67. The number of rotatable bonds is 3. The second-order valence-corrected chi connectivity index (χ2v) is 3.93. The minimum atomic E-state index is -0.230. The van der Waals surface area contributed by atoms with Crippen molar-refractivity contribution >= 4 is 23.2 Å². The van der Waals surface area contributed by atoms with Crippen molar-refractivity contribution < 1.29 is 4.79 Å². The molecule has 1 aromatic carbocycles. The van der Waals surface area contributed by atoms with Gasteiger partial charge in [0.1, 0.15) is 0 Å². The SMILES string of the molecule is CCn1cc(NC(=O)c2ccccc2Cl)cn1. The number of aryl methyl sites for hydroxylation is 1. The Labute approximate surface area is 104 Å². The molecule has 0 fully saturated rings. The Kier molecular flexibility index (Phi) is 3.44. The maximum atomic E-state index is 11.9. The van der Waals surface area contributed by atoms with Crippen LogP contribution in [-0.4, -0.2) is 15.7 Å². The van der Waals surface area contributed by atoms with Gasteiger partial charge in [-0.3, -0.25) is 9.48 Å². The van der Waals surface area contributed by atoms with Crippen LogP contribution in [0.25, 0.3) is 0 Å². The lowest BCUT2D eigenvalue weighted by atomic mass is 10.2. The van der Waals surface area contributed by atoms with Crippen molar-refractivity contribution in [3.05, 3.63) is 47.2 Å². The molecule has 5 heteroatoms. The Hall–Kier alpha value is -1.81. The lowest BCUT2D eigenvalue weighted by Gasteiger charge is -2.03. The molecule has 2 aromatic rings. The second kappa shape index (κ2) is 5.01. The number of anilines is 1. The van der Waals surface area contributed by atoms with Crippen molar-refractivity contribution in [1.29, 1.82) is 0 Å². The van der Waals surface area contributed by atoms with E-state index in [-0.39, 0.29) is 5.91 Å². The summed E-state index contributed by atoms with van der Waals surface area (Å²) in [6.45, 7) is 2.74. The van der Waals surface area contributed by atoms with Crippen LogP contribution in [0, 0.1) is 0 Å². The summed E-state index contributed by atoms with van der Waals surface area (Å²) in [5.74, 6) is -0.230. The minimum Gasteiger partial charge on any atom is -0.319 e. The largest absolute Gasteiger partial charge is 0.319 e. The maximum absolute atomic E-state index is 11.9. The Morgan fingerprint density at radius 1 is 1.47 bits per heavy atom. The van der Waals surface area contributed by atoms with Crippen molar-refractivity contribution in [2.75, 3.05) is 5.32 Å². The monoisotopic (exact) mass is 249 g/mol. The lowest BCUT2D eigenvalue weighted by Crippen LogP contribution is -2.11. The highest BCUT2D eigenvalue weighted by molar-refractivity contribution is 6.34. The molecule has 0 atom stereocenters. The van der Waals surface area contributed by atoms with Gasteiger partial charge in [0.25, 0.3) is 5.91 Å². The second-order valence-electron chi connectivity index (χ2n) is 3.52. The molecule has 0 unspecified atom stereocenters. The zero-order chi connectivity index (χ0) is 12.3. The van der Waals surface area contributed by atoms with Crippen molar-refractivity contribution in [1.82, 2.24) is 9.78 Å². The molecule has 0 aliphatic rings. The topological polar surface area (TPSA) is 46.9 Å². The van der Waals surface area contributed by atoms with Crippen molar-refractivity contribution in [3.63, 3.8) is 0 Å². The van der Waals surface area contributed by atoms with Crippen LogP contribution in [0.4, 0.5) is 5.69 Å². The van der Waals surface area contributed by atoms with Gasteiger partial charge < -0.3 is 5.32 Å². The number of amides is 1. The standard InChI is InChI=1S/C12H12ClN3O/c1-2-16-8-9(7-14-16)15-12(17)10-5-3-4-6-11(10)13/h3-8H,2H2,1H3,(H,15,17). The molecular formula is C12H12ClN3O. The van der Waals surface area contributed by atoms with E-state index >= 15 is 0 Å². The third kappa shape index (κ3) is 2.65. The zero-order valence-electron chi connectivity index (χ0n) is 9.35. The van der Waals surface area contributed by atoms with Crippen LogP contribution in [0.1, 0.15) is 17.3 Å². The van der Waals surface area contributed by atoms with Gasteiger partial charge in [0, 0.05) is 12.7 Å². The number of halogens is 1. The van der Waals surface area contributed by atoms with Crippen LogP contribution in [0.5, 0.6) is 0 Å². The molecule has 1 aromatic heterocycles. The average Bonchev–Trinajstić information content (AvgIpc) is 2.77. The summed E-state index contributed by atoms with van der Waals surface area (Å²) in [4.78, 5) is 11.9. The Morgan fingerprint density at radius 3 is 2.88 bits per heavy atom. The van der Waals surface area contributed by atoms with E-state index in [1.807, 2.05) is 6.92 Å². The summed E-state index contributed by atoms with van der Waals surface area (Å²) in [6, 6.07) is 6.93. The zero-order valence-corrected chi connectivity index (χ0v) is 10.1. The van der Waals surface area contributed by atoms with Gasteiger partial charge in [0.05, 0.1) is 22.5 Å². The van der Waals surface area contributed by atoms with Crippen LogP contribution in [-0.2, 0) is 6.54 Å². The number of carbonyl (C=O) groups is 1. The predicted octanol–water partition coefficient (Wildman–Crippen LogP) is 2.81. The van der Waals surface area contributed by atoms with Crippen LogP contribution in [0.15, 0.2) is 36.7 Å². The summed E-state index contributed by atoms with van der Waals surface area (Å²) in [6.07, 6.45) is 3.38. The van der Waals surface area contributed by atoms with Gasteiger partial charge in [0.2, 0.25) is 0 Å². The fourth-order valence-electron chi connectivity index (χ4n) is 1.44. The maximum Gasteiger partial charge on any atom is 0.257 e. The highest BCUT2D eigenvalue weighted by atomic mass is 35.5. The van der Waals surface area contributed by atoms with Crippen molar-refractivity contribution in [2.45, 2.75) is 13.5 Å². The first-order valence-electron chi connectivity index (χ1n) is 5.29. The van der Waals surface area contributed by atoms with Gasteiger partial charge in [-0.25, -0.2) is 0 Å². The number of aromatic nitrogens is 2. The van der Waals surface area contributed by atoms with Crippen molar-refractivity contribution in [2.24, 2.45) is 0 Å². The van der Waals surface area contributed by atoms with E-state index in [9.17, 15) is 4.79 Å².